The number of aromatic nitrogens is 1. The number of benzene rings is 2. The van der Waals surface area contributed by atoms with Crippen LogP contribution in [0.5, 0.6) is 0 Å². The van der Waals surface area contributed by atoms with Crippen molar-refractivity contribution >= 4 is 34.7 Å². The Kier molecular flexibility index (Phi) is 7.30. The number of carbonyl (C=O) groups is 2. The van der Waals surface area contributed by atoms with Gasteiger partial charge in [0.05, 0.1) is 11.7 Å². The molecule has 0 spiro atoms. The first-order valence-corrected chi connectivity index (χ1v) is 13.1. The molecule has 196 valence electrons. The zero-order valence-electron chi connectivity index (χ0n) is 21.2. The van der Waals surface area contributed by atoms with Gasteiger partial charge in [0.25, 0.3) is 0 Å². The number of halogens is 3. The van der Waals surface area contributed by atoms with Crippen molar-refractivity contribution in [2.45, 2.75) is 45.6 Å². The van der Waals surface area contributed by atoms with Gasteiger partial charge in [0.2, 0.25) is 11.8 Å². The van der Waals surface area contributed by atoms with Crippen LogP contribution in [0.2, 0.25) is 5.02 Å². The van der Waals surface area contributed by atoms with E-state index in [2.05, 4.69) is 10.3 Å². The van der Waals surface area contributed by atoms with E-state index in [0.29, 0.717) is 76.5 Å². The van der Waals surface area contributed by atoms with E-state index in [1.54, 1.807) is 30.2 Å². The van der Waals surface area contributed by atoms with Crippen molar-refractivity contribution in [2.75, 3.05) is 11.9 Å². The molecule has 5 rings (SSSR count). The number of nitrogens with one attached hydrogen (secondary N) is 1. The summed E-state index contributed by atoms with van der Waals surface area (Å²) in [4.78, 5) is 32.7. The molecular weight excluding hydrogens is 508 g/mol. The van der Waals surface area contributed by atoms with Crippen molar-refractivity contribution in [2.24, 2.45) is 5.92 Å². The van der Waals surface area contributed by atoms with E-state index in [1.165, 1.54) is 30.3 Å². The third kappa shape index (κ3) is 5.07. The first-order valence-electron chi connectivity index (χ1n) is 12.8. The molecule has 2 aliphatic heterocycles. The van der Waals surface area contributed by atoms with E-state index >= 15 is 0 Å². The highest BCUT2D eigenvalue weighted by Gasteiger charge is 2.31. The monoisotopic (exact) mass is 535 g/mol. The fourth-order valence-corrected chi connectivity index (χ4v) is 5.50. The largest absolute Gasteiger partial charge is 0.330 e. The van der Waals surface area contributed by atoms with Gasteiger partial charge in [0.15, 0.2) is 0 Å². The lowest BCUT2D eigenvalue weighted by molar-refractivity contribution is -0.129. The second-order valence-corrected chi connectivity index (χ2v) is 10.4. The van der Waals surface area contributed by atoms with Crippen LogP contribution in [-0.4, -0.2) is 28.2 Å². The topological polar surface area (TPSA) is 62.3 Å². The van der Waals surface area contributed by atoms with Gasteiger partial charge in [0.1, 0.15) is 11.6 Å². The van der Waals surface area contributed by atoms with Crippen LogP contribution in [0.15, 0.2) is 54.7 Å². The Labute approximate surface area is 225 Å². The molecule has 0 saturated carbocycles. The predicted molar refractivity (Wildman–Crippen MR) is 144 cm³/mol. The Hall–Kier alpha value is -3.58. The highest BCUT2D eigenvalue weighted by Crippen LogP contribution is 2.37. The molecule has 8 heteroatoms. The summed E-state index contributed by atoms with van der Waals surface area (Å²) < 4.78 is 29.0. The fourth-order valence-electron chi connectivity index (χ4n) is 5.34. The molecule has 2 aliphatic rings. The van der Waals surface area contributed by atoms with Gasteiger partial charge in [-0.25, -0.2) is 8.78 Å². The number of anilines is 1. The summed E-state index contributed by atoms with van der Waals surface area (Å²) in [6.07, 6.45) is 5.52. The summed E-state index contributed by atoms with van der Waals surface area (Å²) in [7, 11) is 0. The summed E-state index contributed by atoms with van der Waals surface area (Å²) in [6.45, 7) is 3.99. The van der Waals surface area contributed by atoms with E-state index in [0.717, 1.165) is 0 Å². The van der Waals surface area contributed by atoms with Gasteiger partial charge in [0, 0.05) is 46.6 Å². The van der Waals surface area contributed by atoms with Gasteiger partial charge < -0.3 is 10.2 Å². The molecule has 1 N–H and O–H groups in total. The third-order valence-corrected chi connectivity index (χ3v) is 7.89. The molecule has 2 atom stereocenters. The van der Waals surface area contributed by atoms with Crippen LogP contribution in [0, 0.1) is 24.5 Å². The minimum Gasteiger partial charge on any atom is -0.330 e. The van der Waals surface area contributed by atoms with Crippen LogP contribution < -0.4 is 5.32 Å². The second-order valence-electron chi connectivity index (χ2n) is 9.98. The number of amides is 2. The maximum Gasteiger partial charge on any atom is 0.247 e. The maximum absolute atomic E-state index is 14.7. The molecule has 3 heterocycles. The average molecular weight is 536 g/mol. The molecular formula is C30H28ClF2N3O2. The molecule has 0 aliphatic carbocycles. The molecule has 0 fully saturated rings. The Balaban J connectivity index is 1.54. The van der Waals surface area contributed by atoms with Crippen molar-refractivity contribution < 1.29 is 18.4 Å². The van der Waals surface area contributed by atoms with Crippen molar-refractivity contribution in [1.82, 2.24) is 9.88 Å². The smallest absolute Gasteiger partial charge is 0.247 e. The summed E-state index contributed by atoms with van der Waals surface area (Å²) in [6, 6.07) is 10.4. The number of pyridine rings is 1. The lowest BCUT2D eigenvalue weighted by atomic mass is 9.91. The molecule has 38 heavy (non-hydrogen) atoms. The van der Waals surface area contributed by atoms with Gasteiger partial charge in [-0.1, -0.05) is 24.9 Å². The van der Waals surface area contributed by atoms with Crippen molar-refractivity contribution in [3.63, 3.8) is 0 Å². The Bertz CT molecular complexity index is 1460. The van der Waals surface area contributed by atoms with Crippen LogP contribution in [0.1, 0.15) is 55.5 Å². The lowest BCUT2D eigenvalue weighted by Gasteiger charge is -2.35. The van der Waals surface area contributed by atoms with E-state index in [-0.39, 0.29) is 23.8 Å². The number of hydrogen-bond donors (Lipinski definition) is 1. The first-order chi connectivity index (χ1) is 18.2. The highest BCUT2D eigenvalue weighted by molar-refractivity contribution is 6.31. The summed E-state index contributed by atoms with van der Waals surface area (Å²) in [5.74, 6) is -1.45. The Morgan fingerprint density at radius 2 is 1.89 bits per heavy atom. The molecule has 2 amide bonds. The molecule has 2 bridgehead atoms. The van der Waals surface area contributed by atoms with E-state index in [1.807, 2.05) is 13.0 Å². The fraction of sp³-hybridized carbons (Fsp3) is 0.300. The van der Waals surface area contributed by atoms with Crippen LogP contribution in [0.25, 0.3) is 16.7 Å². The van der Waals surface area contributed by atoms with Gasteiger partial charge >= 0.3 is 0 Å². The van der Waals surface area contributed by atoms with Crippen LogP contribution in [0.3, 0.4) is 0 Å². The zero-order valence-corrected chi connectivity index (χ0v) is 22.0. The molecule has 2 aromatic carbocycles. The van der Waals surface area contributed by atoms with Crippen LogP contribution in [0.4, 0.5) is 14.5 Å². The normalized spacial score (nSPS) is 20.1. The number of nitrogens with zero attached hydrogens (tertiary/aromatic N) is 2. The number of fused-ring (bicyclic) bond motifs is 4. The van der Waals surface area contributed by atoms with Gasteiger partial charge in [-0.2, -0.15) is 0 Å². The first kappa shape index (κ1) is 26.0. The third-order valence-electron chi connectivity index (χ3n) is 7.48. The van der Waals surface area contributed by atoms with Crippen molar-refractivity contribution in [3.8, 4) is 11.1 Å². The van der Waals surface area contributed by atoms with Gasteiger partial charge in [-0.3, -0.25) is 14.6 Å². The SMILES string of the molecule is Cc1c(Cl)ccc(F)c1C1=CC(=O)N([C@H]2CCC[C@@H](C)C(=O)Nc3ccc(F)cc3-c3ccnc2c3)CC1. The van der Waals surface area contributed by atoms with E-state index in [9.17, 15) is 18.4 Å². The number of carbonyl (C=O) groups excluding carboxylic acids is 2. The average Bonchev–Trinajstić information content (AvgIpc) is 2.90. The van der Waals surface area contributed by atoms with Crippen LogP contribution >= 0.6 is 11.6 Å². The quantitative estimate of drug-likeness (QED) is 0.380. The number of rotatable bonds is 2. The summed E-state index contributed by atoms with van der Waals surface area (Å²) >= 11 is 6.24. The molecule has 0 radical (unpaired) electrons. The van der Waals surface area contributed by atoms with Gasteiger partial charge in [-0.15, -0.1) is 0 Å². The molecule has 3 aromatic rings. The Morgan fingerprint density at radius 3 is 2.68 bits per heavy atom. The summed E-state index contributed by atoms with van der Waals surface area (Å²) in [5.41, 5.74) is 4.06. The van der Waals surface area contributed by atoms with Gasteiger partial charge in [-0.05, 0) is 85.4 Å². The molecule has 0 saturated heterocycles. The summed E-state index contributed by atoms with van der Waals surface area (Å²) in [5, 5.41) is 3.39. The van der Waals surface area contributed by atoms with Crippen LogP contribution in [-0.2, 0) is 9.59 Å². The predicted octanol–water partition coefficient (Wildman–Crippen LogP) is 7.10. The number of hydrogen-bond acceptors (Lipinski definition) is 3. The molecule has 1 aromatic heterocycles. The molecule has 0 unspecified atom stereocenters. The Morgan fingerprint density at radius 1 is 1.08 bits per heavy atom. The minimum atomic E-state index is -0.416. The van der Waals surface area contributed by atoms with Crippen molar-refractivity contribution in [1.29, 1.82) is 0 Å². The lowest BCUT2D eigenvalue weighted by Crippen LogP contribution is -2.38. The van der Waals surface area contributed by atoms with E-state index < -0.39 is 11.6 Å². The highest BCUT2D eigenvalue weighted by atomic mass is 35.5. The van der Waals surface area contributed by atoms with E-state index in [4.69, 9.17) is 11.6 Å². The van der Waals surface area contributed by atoms with Crippen molar-refractivity contribution in [3.05, 3.63) is 88.2 Å². The molecule has 5 nitrogen and oxygen atoms in total. The zero-order chi connectivity index (χ0) is 27.0. The minimum absolute atomic E-state index is 0.134. The second kappa shape index (κ2) is 10.7. The standard InChI is InChI=1S/C30H28ClF2N3O2/c1-17-4-3-5-27(36-13-11-20(15-28(36)37)29-18(2)23(31)7-8-24(29)33)26-14-19(10-12-34-26)22-16-21(32)6-9-25(22)35-30(17)38/h6-10,12,14-17,27H,3-5,11,13H2,1-2H3,(H,35,38)/t17-,27+/m1/s1. The maximum atomic E-state index is 14.7.